The van der Waals surface area contributed by atoms with Crippen LogP contribution in [0.4, 0.5) is 0 Å². The van der Waals surface area contributed by atoms with Gasteiger partial charge in [-0.3, -0.25) is 4.79 Å². The maximum absolute atomic E-state index is 12.5. The summed E-state index contributed by atoms with van der Waals surface area (Å²) in [7, 11) is 0. The van der Waals surface area contributed by atoms with E-state index in [0.29, 0.717) is 31.5 Å². The molecule has 1 aromatic rings. The summed E-state index contributed by atoms with van der Waals surface area (Å²) in [6.45, 7) is 2.87. The third-order valence-corrected chi connectivity index (χ3v) is 4.18. The van der Waals surface area contributed by atoms with Crippen LogP contribution in [0.3, 0.4) is 0 Å². The average Bonchev–Trinajstić information content (AvgIpc) is 2.45. The van der Waals surface area contributed by atoms with E-state index < -0.39 is 5.97 Å². The summed E-state index contributed by atoms with van der Waals surface area (Å²) < 4.78 is 6.07. The maximum Gasteiger partial charge on any atom is 0.329 e. The summed E-state index contributed by atoms with van der Waals surface area (Å²) in [5, 5.41) is 8.59. The van der Waals surface area contributed by atoms with Crippen LogP contribution in [0.1, 0.15) is 28.8 Å². The number of aryl methyl sites for hydroxylation is 1. The van der Waals surface area contributed by atoms with E-state index in [1.807, 2.05) is 25.1 Å². The SMILES string of the molecule is Cc1ccc(C(=O)N2CCC(OCC(=O)O)CC2)c(Br)c1. The van der Waals surface area contributed by atoms with E-state index >= 15 is 0 Å². The van der Waals surface area contributed by atoms with E-state index in [1.54, 1.807) is 4.90 Å². The Morgan fingerprint density at radius 1 is 1.38 bits per heavy atom. The fourth-order valence-corrected chi connectivity index (χ4v) is 3.04. The molecule has 0 saturated carbocycles. The van der Waals surface area contributed by atoms with Gasteiger partial charge >= 0.3 is 5.97 Å². The van der Waals surface area contributed by atoms with Gasteiger partial charge in [0, 0.05) is 17.6 Å². The molecule has 5 nitrogen and oxygen atoms in total. The molecule has 0 aliphatic carbocycles. The Labute approximate surface area is 132 Å². The summed E-state index contributed by atoms with van der Waals surface area (Å²) in [4.78, 5) is 24.7. The van der Waals surface area contributed by atoms with Crippen molar-refractivity contribution in [2.45, 2.75) is 25.9 Å². The highest BCUT2D eigenvalue weighted by atomic mass is 79.9. The monoisotopic (exact) mass is 355 g/mol. The number of benzene rings is 1. The van der Waals surface area contributed by atoms with Crippen molar-refractivity contribution in [2.24, 2.45) is 0 Å². The third-order valence-electron chi connectivity index (χ3n) is 3.53. The van der Waals surface area contributed by atoms with Gasteiger partial charge in [0.1, 0.15) is 6.61 Å². The Hall–Kier alpha value is -1.40. The van der Waals surface area contributed by atoms with Gasteiger partial charge in [-0.25, -0.2) is 4.79 Å². The molecule has 1 aliphatic rings. The predicted octanol–water partition coefficient (Wildman–Crippen LogP) is 2.46. The molecular formula is C15H18BrNO4. The topological polar surface area (TPSA) is 66.8 Å². The number of carbonyl (C=O) groups is 2. The number of ether oxygens (including phenoxy) is 1. The highest BCUT2D eigenvalue weighted by Gasteiger charge is 2.25. The average molecular weight is 356 g/mol. The van der Waals surface area contributed by atoms with Crippen molar-refractivity contribution in [1.29, 1.82) is 0 Å². The van der Waals surface area contributed by atoms with Crippen molar-refractivity contribution in [1.82, 2.24) is 4.90 Å². The van der Waals surface area contributed by atoms with E-state index in [4.69, 9.17) is 9.84 Å². The van der Waals surface area contributed by atoms with Crippen LogP contribution in [0.5, 0.6) is 0 Å². The summed E-state index contributed by atoms with van der Waals surface area (Å²) in [6, 6.07) is 5.67. The maximum atomic E-state index is 12.5. The lowest BCUT2D eigenvalue weighted by Crippen LogP contribution is -2.41. The van der Waals surface area contributed by atoms with Crippen molar-refractivity contribution in [3.8, 4) is 0 Å². The van der Waals surface area contributed by atoms with Crippen molar-refractivity contribution < 1.29 is 19.4 Å². The van der Waals surface area contributed by atoms with Crippen LogP contribution in [-0.2, 0) is 9.53 Å². The molecule has 1 N–H and O–H groups in total. The summed E-state index contributed by atoms with van der Waals surface area (Å²) in [5.41, 5.74) is 1.75. The number of nitrogens with zero attached hydrogens (tertiary/aromatic N) is 1. The first-order chi connectivity index (χ1) is 9.97. The number of carboxylic acid groups (broad SMARTS) is 1. The number of carbonyl (C=O) groups excluding carboxylic acids is 1. The smallest absolute Gasteiger partial charge is 0.329 e. The lowest BCUT2D eigenvalue weighted by molar-refractivity contribution is -0.145. The lowest BCUT2D eigenvalue weighted by Gasteiger charge is -2.32. The fraction of sp³-hybridized carbons (Fsp3) is 0.467. The van der Waals surface area contributed by atoms with E-state index in [9.17, 15) is 9.59 Å². The number of likely N-dealkylation sites (tertiary alicyclic amines) is 1. The minimum absolute atomic E-state index is 0.00133. The molecule has 1 heterocycles. The third kappa shape index (κ3) is 4.28. The van der Waals surface area contributed by atoms with Gasteiger partial charge in [0.25, 0.3) is 5.91 Å². The number of piperidine rings is 1. The van der Waals surface area contributed by atoms with Gasteiger partial charge in [-0.15, -0.1) is 0 Å². The summed E-state index contributed by atoms with van der Waals surface area (Å²) >= 11 is 3.43. The number of hydrogen-bond acceptors (Lipinski definition) is 3. The van der Waals surface area contributed by atoms with Gasteiger partial charge in [-0.1, -0.05) is 6.07 Å². The molecule has 6 heteroatoms. The highest BCUT2D eigenvalue weighted by molar-refractivity contribution is 9.10. The molecule has 2 rings (SSSR count). The first-order valence-electron chi connectivity index (χ1n) is 6.86. The molecule has 1 aromatic carbocycles. The standard InChI is InChI=1S/C15H18BrNO4/c1-10-2-3-12(13(16)8-10)15(20)17-6-4-11(5-7-17)21-9-14(18)19/h2-3,8,11H,4-7,9H2,1H3,(H,18,19). The zero-order valence-electron chi connectivity index (χ0n) is 11.8. The molecule has 1 fully saturated rings. The van der Waals surface area contributed by atoms with E-state index in [0.717, 1.165) is 10.0 Å². The van der Waals surface area contributed by atoms with Crippen LogP contribution >= 0.6 is 15.9 Å². The number of halogens is 1. The first kappa shape index (κ1) is 16.0. The molecule has 114 valence electrons. The highest BCUT2D eigenvalue weighted by Crippen LogP contribution is 2.22. The first-order valence-corrected chi connectivity index (χ1v) is 7.65. The fourth-order valence-electron chi connectivity index (χ4n) is 2.38. The molecule has 1 saturated heterocycles. The second-order valence-corrected chi connectivity index (χ2v) is 6.03. The van der Waals surface area contributed by atoms with Gasteiger partial charge < -0.3 is 14.7 Å². The minimum atomic E-state index is -0.961. The summed E-state index contributed by atoms with van der Waals surface area (Å²) in [5.74, 6) is -0.962. The number of hydrogen-bond donors (Lipinski definition) is 1. The van der Waals surface area contributed by atoms with Crippen LogP contribution < -0.4 is 0 Å². The Kier molecular flexibility index (Phi) is 5.36. The Bertz CT molecular complexity index is 538. The summed E-state index contributed by atoms with van der Waals surface area (Å²) in [6.07, 6.45) is 1.26. The van der Waals surface area contributed by atoms with Crippen molar-refractivity contribution in [2.75, 3.05) is 19.7 Å². The lowest BCUT2D eigenvalue weighted by atomic mass is 10.1. The number of carboxylic acids is 1. The van der Waals surface area contributed by atoms with E-state index in [2.05, 4.69) is 15.9 Å². The van der Waals surface area contributed by atoms with Crippen LogP contribution in [0.25, 0.3) is 0 Å². The molecule has 0 aromatic heterocycles. The zero-order valence-corrected chi connectivity index (χ0v) is 13.4. The Balaban J connectivity index is 1.92. The van der Waals surface area contributed by atoms with Gasteiger partial charge in [-0.2, -0.15) is 0 Å². The minimum Gasteiger partial charge on any atom is -0.480 e. The zero-order chi connectivity index (χ0) is 15.4. The molecule has 0 radical (unpaired) electrons. The predicted molar refractivity (Wildman–Crippen MR) is 81.4 cm³/mol. The van der Waals surface area contributed by atoms with Crippen LogP contribution in [0.15, 0.2) is 22.7 Å². The van der Waals surface area contributed by atoms with Crippen LogP contribution in [0.2, 0.25) is 0 Å². The molecule has 1 aliphatic heterocycles. The van der Waals surface area contributed by atoms with E-state index in [-0.39, 0.29) is 18.6 Å². The quantitative estimate of drug-likeness (QED) is 0.900. The molecule has 0 unspecified atom stereocenters. The molecule has 1 amide bonds. The van der Waals surface area contributed by atoms with E-state index in [1.165, 1.54) is 0 Å². The molecular weight excluding hydrogens is 338 g/mol. The van der Waals surface area contributed by atoms with Crippen molar-refractivity contribution >= 4 is 27.8 Å². The Morgan fingerprint density at radius 2 is 2.05 bits per heavy atom. The largest absolute Gasteiger partial charge is 0.480 e. The number of amides is 1. The molecule has 0 atom stereocenters. The number of rotatable bonds is 4. The van der Waals surface area contributed by atoms with Gasteiger partial charge in [0.15, 0.2) is 0 Å². The van der Waals surface area contributed by atoms with Crippen molar-refractivity contribution in [3.05, 3.63) is 33.8 Å². The molecule has 0 bridgehead atoms. The number of aliphatic carboxylic acids is 1. The van der Waals surface area contributed by atoms with Crippen molar-refractivity contribution in [3.63, 3.8) is 0 Å². The van der Waals surface area contributed by atoms with Gasteiger partial charge in [0.05, 0.1) is 11.7 Å². The second kappa shape index (κ2) is 7.04. The van der Waals surface area contributed by atoms with Crippen LogP contribution in [-0.4, -0.2) is 47.7 Å². The van der Waals surface area contributed by atoms with Gasteiger partial charge in [0.2, 0.25) is 0 Å². The van der Waals surface area contributed by atoms with Crippen LogP contribution in [0, 0.1) is 6.92 Å². The Morgan fingerprint density at radius 3 is 2.62 bits per heavy atom. The normalized spacial score (nSPS) is 16.0. The second-order valence-electron chi connectivity index (χ2n) is 5.18. The molecule has 0 spiro atoms. The molecule has 21 heavy (non-hydrogen) atoms. The van der Waals surface area contributed by atoms with Gasteiger partial charge in [-0.05, 0) is 53.4 Å².